The SMILES string of the molecule is Cc1c(Cl)cccc1NC(=O)c1ccnc(C(=O)NCc2cccnc2)c1. The van der Waals surface area contributed by atoms with Gasteiger partial charge in [-0.1, -0.05) is 23.7 Å². The molecule has 0 fully saturated rings. The van der Waals surface area contributed by atoms with Crippen LogP contribution in [0.3, 0.4) is 0 Å². The van der Waals surface area contributed by atoms with Crippen LogP contribution >= 0.6 is 11.6 Å². The molecule has 0 aliphatic carbocycles. The highest BCUT2D eigenvalue weighted by molar-refractivity contribution is 6.31. The van der Waals surface area contributed by atoms with Gasteiger partial charge in [0, 0.05) is 41.4 Å². The van der Waals surface area contributed by atoms with E-state index in [0.717, 1.165) is 11.1 Å². The Hall–Kier alpha value is -3.25. The Morgan fingerprint density at radius 3 is 2.70 bits per heavy atom. The number of halogens is 1. The van der Waals surface area contributed by atoms with Crippen molar-refractivity contribution in [2.45, 2.75) is 13.5 Å². The number of hydrogen-bond acceptors (Lipinski definition) is 4. The van der Waals surface area contributed by atoms with E-state index in [4.69, 9.17) is 11.6 Å². The Kier molecular flexibility index (Phi) is 5.78. The summed E-state index contributed by atoms with van der Waals surface area (Å²) in [6, 6.07) is 11.9. The normalized spacial score (nSPS) is 10.3. The molecular weight excluding hydrogens is 364 g/mol. The van der Waals surface area contributed by atoms with Gasteiger partial charge in [0.2, 0.25) is 0 Å². The Morgan fingerprint density at radius 1 is 1.07 bits per heavy atom. The lowest BCUT2D eigenvalue weighted by Crippen LogP contribution is -2.24. The van der Waals surface area contributed by atoms with Crippen LogP contribution in [0, 0.1) is 6.92 Å². The molecular formula is C20H17ClN4O2. The number of pyridine rings is 2. The van der Waals surface area contributed by atoms with Crippen molar-refractivity contribution in [2.75, 3.05) is 5.32 Å². The molecule has 0 atom stereocenters. The summed E-state index contributed by atoms with van der Waals surface area (Å²) in [6.45, 7) is 2.15. The number of carbonyl (C=O) groups is 2. The number of nitrogens with one attached hydrogen (secondary N) is 2. The largest absolute Gasteiger partial charge is 0.347 e. The number of amides is 2. The summed E-state index contributed by atoms with van der Waals surface area (Å²) in [6.07, 6.45) is 4.76. The summed E-state index contributed by atoms with van der Waals surface area (Å²) >= 11 is 6.08. The first kappa shape index (κ1) is 18.5. The molecule has 1 aromatic carbocycles. The van der Waals surface area contributed by atoms with Gasteiger partial charge in [-0.15, -0.1) is 0 Å². The van der Waals surface area contributed by atoms with Crippen LogP contribution in [-0.4, -0.2) is 21.8 Å². The second-order valence-corrected chi connectivity index (χ2v) is 6.25. The van der Waals surface area contributed by atoms with Crippen molar-refractivity contribution in [3.63, 3.8) is 0 Å². The second-order valence-electron chi connectivity index (χ2n) is 5.84. The topological polar surface area (TPSA) is 84.0 Å². The summed E-state index contributed by atoms with van der Waals surface area (Å²) < 4.78 is 0. The molecule has 0 unspecified atom stereocenters. The predicted molar refractivity (Wildman–Crippen MR) is 104 cm³/mol. The quantitative estimate of drug-likeness (QED) is 0.708. The molecule has 0 aliphatic heterocycles. The molecule has 0 saturated heterocycles. The fourth-order valence-corrected chi connectivity index (χ4v) is 2.58. The van der Waals surface area contributed by atoms with Crippen molar-refractivity contribution in [3.05, 3.63) is 88.5 Å². The molecule has 0 aliphatic rings. The van der Waals surface area contributed by atoms with E-state index in [1.165, 1.54) is 12.3 Å². The number of nitrogens with zero attached hydrogens (tertiary/aromatic N) is 2. The maximum absolute atomic E-state index is 12.5. The van der Waals surface area contributed by atoms with Crippen LogP contribution in [0.1, 0.15) is 32.0 Å². The van der Waals surface area contributed by atoms with Crippen LogP contribution in [-0.2, 0) is 6.54 Å². The van der Waals surface area contributed by atoms with Crippen LogP contribution in [0.2, 0.25) is 5.02 Å². The zero-order chi connectivity index (χ0) is 19.2. The first-order valence-electron chi connectivity index (χ1n) is 8.24. The summed E-state index contributed by atoms with van der Waals surface area (Å²) in [7, 11) is 0. The summed E-state index contributed by atoms with van der Waals surface area (Å²) in [5.41, 5.74) is 2.75. The molecule has 0 bridgehead atoms. The number of rotatable bonds is 5. The maximum atomic E-state index is 12.5. The fourth-order valence-electron chi connectivity index (χ4n) is 2.41. The number of carbonyl (C=O) groups excluding carboxylic acids is 2. The lowest BCUT2D eigenvalue weighted by Gasteiger charge is -2.10. The summed E-state index contributed by atoms with van der Waals surface area (Å²) in [5.74, 6) is -0.712. The predicted octanol–water partition coefficient (Wildman–Crippen LogP) is 3.62. The standard InChI is InChI=1S/C20H17ClN4O2/c1-13-16(21)5-2-6-17(13)25-19(26)15-7-9-23-18(10-15)20(27)24-12-14-4-3-8-22-11-14/h2-11H,12H2,1H3,(H,24,27)(H,25,26). The summed E-state index contributed by atoms with van der Waals surface area (Å²) in [5, 5.41) is 6.12. The van der Waals surface area contributed by atoms with E-state index < -0.39 is 0 Å². The number of aromatic nitrogens is 2. The first-order valence-corrected chi connectivity index (χ1v) is 8.62. The van der Waals surface area contributed by atoms with E-state index in [-0.39, 0.29) is 17.5 Å². The van der Waals surface area contributed by atoms with Crippen LogP contribution in [0.4, 0.5) is 5.69 Å². The van der Waals surface area contributed by atoms with Crippen molar-refractivity contribution in [1.82, 2.24) is 15.3 Å². The average Bonchev–Trinajstić information content (AvgIpc) is 2.70. The van der Waals surface area contributed by atoms with Gasteiger partial charge in [0.25, 0.3) is 11.8 Å². The van der Waals surface area contributed by atoms with E-state index in [1.807, 2.05) is 13.0 Å². The smallest absolute Gasteiger partial charge is 0.270 e. The third-order valence-corrected chi connectivity index (χ3v) is 4.36. The Balaban J connectivity index is 1.70. The molecule has 7 heteroatoms. The van der Waals surface area contributed by atoms with E-state index in [1.54, 1.807) is 42.7 Å². The molecule has 27 heavy (non-hydrogen) atoms. The summed E-state index contributed by atoms with van der Waals surface area (Å²) in [4.78, 5) is 32.9. The maximum Gasteiger partial charge on any atom is 0.270 e. The molecule has 0 spiro atoms. The van der Waals surface area contributed by atoms with E-state index >= 15 is 0 Å². The second kappa shape index (κ2) is 8.42. The van der Waals surface area contributed by atoms with Crippen molar-refractivity contribution in [3.8, 4) is 0 Å². The Morgan fingerprint density at radius 2 is 1.93 bits per heavy atom. The first-order chi connectivity index (χ1) is 13.0. The third-order valence-electron chi connectivity index (χ3n) is 3.95. The van der Waals surface area contributed by atoms with Gasteiger partial charge in [0.1, 0.15) is 5.69 Å². The van der Waals surface area contributed by atoms with Crippen LogP contribution in [0.5, 0.6) is 0 Å². The van der Waals surface area contributed by atoms with E-state index in [0.29, 0.717) is 22.8 Å². The van der Waals surface area contributed by atoms with Crippen molar-refractivity contribution in [1.29, 1.82) is 0 Å². The van der Waals surface area contributed by atoms with Crippen LogP contribution < -0.4 is 10.6 Å². The van der Waals surface area contributed by atoms with Gasteiger partial charge < -0.3 is 10.6 Å². The molecule has 3 aromatic rings. The molecule has 2 aromatic heterocycles. The molecule has 0 saturated carbocycles. The zero-order valence-electron chi connectivity index (χ0n) is 14.6. The van der Waals surface area contributed by atoms with Crippen LogP contribution in [0.25, 0.3) is 0 Å². The van der Waals surface area contributed by atoms with Gasteiger partial charge in [-0.3, -0.25) is 19.6 Å². The Bertz CT molecular complexity index is 977. The Labute approximate surface area is 161 Å². The zero-order valence-corrected chi connectivity index (χ0v) is 15.3. The number of hydrogen-bond donors (Lipinski definition) is 2. The molecule has 136 valence electrons. The molecule has 2 amide bonds. The monoisotopic (exact) mass is 380 g/mol. The minimum absolute atomic E-state index is 0.161. The molecule has 2 heterocycles. The number of anilines is 1. The van der Waals surface area contributed by atoms with Crippen molar-refractivity contribution in [2.24, 2.45) is 0 Å². The third kappa shape index (κ3) is 4.68. The minimum atomic E-state index is -0.368. The minimum Gasteiger partial charge on any atom is -0.347 e. The van der Waals surface area contributed by atoms with Gasteiger partial charge in [-0.25, -0.2) is 0 Å². The molecule has 0 radical (unpaired) electrons. The van der Waals surface area contributed by atoms with Gasteiger partial charge >= 0.3 is 0 Å². The fraction of sp³-hybridized carbons (Fsp3) is 0.100. The van der Waals surface area contributed by atoms with Gasteiger partial charge in [0.15, 0.2) is 0 Å². The number of benzene rings is 1. The van der Waals surface area contributed by atoms with E-state index in [2.05, 4.69) is 20.6 Å². The highest BCUT2D eigenvalue weighted by Gasteiger charge is 2.13. The van der Waals surface area contributed by atoms with Crippen molar-refractivity contribution >= 4 is 29.1 Å². The lowest BCUT2D eigenvalue weighted by molar-refractivity contribution is 0.0946. The highest BCUT2D eigenvalue weighted by Crippen LogP contribution is 2.23. The van der Waals surface area contributed by atoms with Gasteiger partial charge in [0.05, 0.1) is 0 Å². The van der Waals surface area contributed by atoms with Crippen molar-refractivity contribution < 1.29 is 9.59 Å². The highest BCUT2D eigenvalue weighted by atomic mass is 35.5. The molecule has 2 N–H and O–H groups in total. The van der Waals surface area contributed by atoms with Crippen LogP contribution in [0.15, 0.2) is 61.1 Å². The van der Waals surface area contributed by atoms with Gasteiger partial charge in [-0.05, 0) is 48.4 Å². The van der Waals surface area contributed by atoms with E-state index in [9.17, 15) is 9.59 Å². The molecule has 6 nitrogen and oxygen atoms in total. The molecule has 3 rings (SSSR count). The van der Waals surface area contributed by atoms with Gasteiger partial charge in [-0.2, -0.15) is 0 Å². The lowest BCUT2D eigenvalue weighted by atomic mass is 10.1. The average molecular weight is 381 g/mol.